The van der Waals surface area contributed by atoms with Gasteiger partial charge >= 0.3 is 17.9 Å². The van der Waals surface area contributed by atoms with E-state index in [4.69, 9.17) is 14.2 Å². The lowest BCUT2D eigenvalue weighted by Gasteiger charge is -2.32. The first-order valence-electron chi connectivity index (χ1n) is 35.7. The smallest absolute Gasteiger partial charge is 0.308 e. The highest BCUT2D eigenvalue weighted by Crippen LogP contribution is 2.28. The lowest BCUT2D eigenvalue weighted by atomic mass is 9.87. The number of hydrogen-bond acceptors (Lipinski definition) is 6. The zero-order valence-corrected chi connectivity index (χ0v) is 54.0. The van der Waals surface area contributed by atoms with Crippen molar-refractivity contribution in [1.82, 2.24) is 0 Å². The van der Waals surface area contributed by atoms with Gasteiger partial charge in [0.2, 0.25) is 0 Å². The summed E-state index contributed by atoms with van der Waals surface area (Å²) >= 11 is 0. The SMILES string of the molecule is CCCCCCCCCCCCCCCCCCCCCC(=O)OCC(CC)(COC(=O)C(C)CCCCCCCCCCCCCCCCCCC)COC(=O)C(C)CCCCCCCCCCCCCCCCCCC. The fourth-order valence-electron chi connectivity index (χ4n) is 11.4. The summed E-state index contributed by atoms with van der Waals surface area (Å²) in [5.41, 5.74) is -0.768. The summed E-state index contributed by atoms with van der Waals surface area (Å²) in [6.07, 6.45) is 73.2. The van der Waals surface area contributed by atoms with Gasteiger partial charge < -0.3 is 14.2 Å². The molecule has 0 rings (SSSR count). The Hall–Kier alpha value is -1.59. The molecule has 0 radical (unpaired) electrons. The molecular formula is C72H140O6. The van der Waals surface area contributed by atoms with Crippen molar-refractivity contribution < 1.29 is 28.6 Å². The molecule has 2 unspecified atom stereocenters. The van der Waals surface area contributed by atoms with E-state index in [0.29, 0.717) is 12.8 Å². The van der Waals surface area contributed by atoms with E-state index < -0.39 is 5.41 Å². The molecule has 6 nitrogen and oxygen atoms in total. The van der Waals surface area contributed by atoms with Crippen LogP contribution in [0.25, 0.3) is 0 Å². The third-order valence-corrected chi connectivity index (χ3v) is 17.6. The topological polar surface area (TPSA) is 78.9 Å². The minimum absolute atomic E-state index is 0.0824. The quantitative estimate of drug-likeness (QED) is 0.0343. The predicted molar refractivity (Wildman–Crippen MR) is 340 cm³/mol. The molecule has 0 aliphatic heterocycles. The molecule has 0 spiro atoms. The van der Waals surface area contributed by atoms with Gasteiger partial charge in [0.05, 0.1) is 17.3 Å². The van der Waals surface area contributed by atoms with Crippen LogP contribution in [0.5, 0.6) is 0 Å². The van der Waals surface area contributed by atoms with Crippen LogP contribution in [0.4, 0.5) is 0 Å². The summed E-state index contributed by atoms with van der Waals surface area (Å²) in [6, 6.07) is 0. The maximum absolute atomic E-state index is 13.4. The highest BCUT2D eigenvalue weighted by molar-refractivity contribution is 5.72. The summed E-state index contributed by atoms with van der Waals surface area (Å²) in [4.78, 5) is 39.9. The zero-order valence-electron chi connectivity index (χ0n) is 54.0. The van der Waals surface area contributed by atoms with Crippen LogP contribution in [0.15, 0.2) is 0 Å². The monoisotopic (exact) mass is 1100 g/mol. The molecular weight excluding hydrogens is 961 g/mol. The molecule has 0 heterocycles. The average Bonchev–Trinajstić information content (AvgIpc) is 3.44. The maximum atomic E-state index is 13.4. The highest BCUT2D eigenvalue weighted by Gasteiger charge is 2.35. The van der Waals surface area contributed by atoms with E-state index in [2.05, 4.69) is 20.8 Å². The Morgan fingerprint density at radius 2 is 0.462 bits per heavy atom. The molecule has 0 amide bonds. The molecule has 0 aromatic rings. The van der Waals surface area contributed by atoms with Gasteiger partial charge in [0.25, 0.3) is 0 Å². The minimum Gasteiger partial charge on any atom is -0.465 e. The third kappa shape index (κ3) is 53.7. The van der Waals surface area contributed by atoms with E-state index in [0.717, 1.165) is 57.8 Å². The second-order valence-electron chi connectivity index (χ2n) is 25.5. The molecule has 78 heavy (non-hydrogen) atoms. The number of ether oxygens (including phenoxy) is 3. The first-order chi connectivity index (χ1) is 38.2. The van der Waals surface area contributed by atoms with Crippen molar-refractivity contribution in [2.75, 3.05) is 19.8 Å². The van der Waals surface area contributed by atoms with Crippen molar-refractivity contribution in [2.24, 2.45) is 17.3 Å². The Labute approximate surface area is 488 Å². The molecule has 0 saturated carbocycles. The Kier molecular flexibility index (Phi) is 60.2. The van der Waals surface area contributed by atoms with E-state index in [1.54, 1.807) is 0 Å². The van der Waals surface area contributed by atoms with Gasteiger partial charge in [-0.1, -0.05) is 375 Å². The molecule has 0 fully saturated rings. The molecule has 0 saturated heterocycles. The van der Waals surface area contributed by atoms with Crippen molar-refractivity contribution >= 4 is 17.9 Å². The fourth-order valence-corrected chi connectivity index (χ4v) is 11.4. The Morgan fingerprint density at radius 3 is 0.679 bits per heavy atom. The first kappa shape index (κ1) is 76.4. The maximum Gasteiger partial charge on any atom is 0.308 e. The number of unbranched alkanes of at least 4 members (excludes halogenated alkanes) is 50. The molecule has 6 heteroatoms. The van der Waals surface area contributed by atoms with Crippen LogP contribution in [-0.2, 0) is 28.6 Å². The van der Waals surface area contributed by atoms with Gasteiger partial charge in [0.1, 0.15) is 19.8 Å². The number of carbonyl (C=O) groups is 3. The van der Waals surface area contributed by atoms with Crippen molar-refractivity contribution in [3.8, 4) is 0 Å². The van der Waals surface area contributed by atoms with Gasteiger partial charge in [-0.25, -0.2) is 0 Å². The minimum atomic E-state index is -0.768. The normalized spacial score (nSPS) is 13.2. The molecule has 0 aromatic heterocycles. The number of esters is 3. The van der Waals surface area contributed by atoms with E-state index in [9.17, 15) is 14.4 Å². The van der Waals surface area contributed by atoms with Gasteiger partial charge in [-0.05, 0) is 25.7 Å². The lowest BCUT2D eigenvalue weighted by Crippen LogP contribution is -2.40. The van der Waals surface area contributed by atoms with Crippen molar-refractivity contribution in [3.05, 3.63) is 0 Å². The van der Waals surface area contributed by atoms with Crippen LogP contribution in [0, 0.1) is 17.3 Å². The van der Waals surface area contributed by atoms with Crippen LogP contribution in [-0.4, -0.2) is 37.7 Å². The first-order valence-corrected chi connectivity index (χ1v) is 35.7. The summed E-state index contributed by atoms with van der Waals surface area (Å²) in [6.45, 7) is 13.1. The van der Waals surface area contributed by atoms with E-state index >= 15 is 0 Å². The van der Waals surface area contributed by atoms with Crippen LogP contribution in [0.1, 0.15) is 408 Å². The molecule has 0 aliphatic rings. The van der Waals surface area contributed by atoms with Crippen molar-refractivity contribution in [2.45, 2.75) is 408 Å². The average molecular weight is 1100 g/mol. The van der Waals surface area contributed by atoms with Gasteiger partial charge in [-0.3, -0.25) is 14.4 Å². The Bertz CT molecular complexity index is 1170. The summed E-state index contributed by atoms with van der Waals surface area (Å²) in [5, 5.41) is 0. The summed E-state index contributed by atoms with van der Waals surface area (Å²) in [7, 11) is 0. The standard InChI is InChI=1S/C72H140O6/c1-7-11-14-17-20-23-26-29-32-35-36-39-42-45-48-51-54-57-60-63-69(73)76-64-72(10-4,65-77-70(74)67(5)61-58-55-52-49-46-43-40-37-33-30-27-24-21-18-15-12-8-2)66-78-71(75)68(6)62-59-56-53-50-47-44-41-38-34-31-28-25-22-19-16-13-9-3/h67-68H,7-66H2,1-6H3. The van der Waals surface area contributed by atoms with Crippen LogP contribution < -0.4 is 0 Å². The van der Waals surface area contributed by atoms with Gasteiger partial charge in [-0.2, -0.15) is 0 Å². The van der Waals surface area contributed by atoms with E-state index in [-0.39, 0.29) is 49.6 Å². The zero-order chi connectivity index (χ0) is 56.9. The third-order valence-electron chi connectivity index (χ3n) is 17.6. The lowest BCUT2D eigenvalue weighted by molar-refractivity contribution is -0.165. The van der Waals surface area contributed by atoms with E-state index in [1.807, 2.05) is 20.8 Å². The molecule has 464 valence electrons. The molecule has 0 N–H and O–H groups in total. The number of hydrogen-bond donors (Lipinski definition) is 0. The van der Waals surface area contributed by atoms with Gasteiger partial charge in [0.15, 0.2) is 0 Å². The van der Waals surface area contributed by atoms with Crippen LogP contribution in [0.2, 0.25) is 0 Å². The highest BCUT2D eigenvalue weighted by atomic mass is 16.6. The molecule has 0 aliphatic carbocycles. The molecule has 0 aromatic carbocycles. The number of rotatable bonds is 65. The van der Waals surface area contributed by atoms with Crippen LogP contribution >= 0.6 is 0 Å². The van der Waals surface area contributed by atoms with Crippen LogP contribution in [0.3, 0.4) is 0 Å². The van der Waals surface area contributed by atoms with Crippen molar-refractivity contribution in [1.29, 1.82) is 0 Å². The number of carbonyl (C=O) groups excluding carboxylic acids is 3. The Balaban J connectivity index is 4.66. The van der Waals surface area contributed by atoms with Gasteiger partial charge in [-0.15, -0.1) is 0 Å². The Morgan fingerprint density at radius 1 is 0.269 bits per heavy atom. The summed E-state index contributed by atoms with van der Waals surface area (Å²) < 4.78 is 18.0. The predicted octanol–water partition coefficient (Wildman–Crippen LogP) is 24.2. The summed E-state index contributed by atoms with van der Waals surface area (Å²) in [5.74, 6) is -1.01. The molecule has 0 bridgehead atoms. The van der Waals surface area contributed by atoms with Gasteiger partial charge in [0, 0.05) is 6.42 Å². The molecule has 2 atom stereocenters. The second kappa shape index (κ2) is 61.5. The van der Waals surface area contributed by atoms with E-state index in [1.165, 1.54) is 295 Å². The largest absolute Gasteiger partial charge is 0.465 e. The second-order valence-corrected chi connectivity index (χ2v) is 25.5. The fraction of sp³-hybridized carbons (Fsp3) is 0.958. The van der Waals surface area contributed by atoms with Crippen molar-refractivity contribution in [3.63, 3.8) is 0 Å².